The second-order valence-corrected chi connectivity index (χ2v) is 5.89. The van der Waals surface area contributed by atoms with Crippen molar-refractivity contribution in [2.24, 2.45) is 0 Å². The minimum Gasteiger partial charge on any atom is -0.454 e. The van der Waals surface area contributed by atoms with E-state index < -0.39 is 0 Å². The van der Waals surface area contributed by atoms with Crippen molar-refractivity contribution in [3.63, 3.8) is 0 Å². The Bertz CT molecular complexity index is 458. The number of benzene rings is 1. The minimum atomic E-state index is 0.354. The number of aryl methyl sites for hydroxylation is 1. The average molecular weight is 276 g/mol. The molecule has 0 radical (unpaired) electrons. The summed E-state index contributed by atoms with van der Waals surface area (Å²) in [4.78, 5) is 2.52. The van der Waals surface area contributed by atoms with Crippen LogP contribution in [0.4, 0.5) is 0 Å². The molecule has 1 N–H and O–H groups in total. The van der Waals surface area contributed by atoms with Gasteiger partial charge in [-0.25, -0.2) is 0 Å². The van der Waals surface area contributed by atoms with Crippen LogP contribution in [0.25, 0.3) is 0 Å². The number of hydrogen-bond acceptors (Lipinski definition) is 4. The fourth-order valence-corrected chi connectivity index (χ4v) is 3.02. The number of rotatable bonds is 5. The van der Waals surface area contributed by atoms with Crippen molar-refractivity contribution in [1.29, 1.82) is 0 Å². The van der Waals surface area contributed by atoms with E-state index in [2.05, 4.69) is 36.3 Å². The Morgan fingerprint density at radius 3 is 3.00 bits per heavy atom. The molecule has 0 amide bonds. The van der Waals surface area contributed by atoms with E-state index in [4.69, 9.17) is 9.47 Å². The highest BCUT2D eigenvalue weighted by Crippen LogP contribution is 2.32. The molecule has 0 aliphatic carbocycles. The molecule has 2 atom stereocenters. The number of fused-ring (bicyclic) bond motifs is 1. The van der Waals surface area contributed by atoms with Crippen LogP contribution in [-0.2, 0) is 6.42 Å². The van der Waals surface area contributed by atoms with E-state index in [1.807, 2.05) is 6.07 Å². The standard InChI is InChI=1S/C16H24N2O2/c1-12(18(2)14-7-8-17-10-14)3-4-13-5-6-15-16(9-13)20-11-19-15/h5-6,9,12,14,17H,3-4,7-8,10-11H2,1-2H3. The normalized spacial score (nSPS) is 22.4. The molecular formula is C16H24N2O2. The van der Waals surface area contributed by atoms with Gasteiger partial charge in [-0.05, 0) is 57.5 Å². The molecule has 0 aromatic heterocycles. The number of likely N-dealkylation sites (N-methyl/N-ethyl adjacent to an activating group) is 1. The predicted molar refractivity (Wildman–Crippen MR) is 79.4 cm³/mol. The summed E-state index contributed by atoms with van der Waals surface area (Å²) in [6.07, 6.45) is 3.53. The Labute approximate surface area is 121 Å². The van der Waals surface area contributed by atoms with E-state index in [9.17, 15) is 0 Å². The van der Waals surface area contributed by atoms with Gasteiger partial charge in [0.05, 0.1) is 0 Å². The molecule has 4 heteroatoms. The first-order chi connectivity index (χ1) is 9.74. The summed E-state index contributed by atoms with van der Waals surface area (Å²) in [5.41, 5.74) is 1.33. The molecule has 4 nitrogen and oxygen atoms in total. The van der Waals surface area contributed by atoms with Gasteiger partial charge in [0.2, 0.25) is 6.79 Å². The molecule has 2 heterocycles. The van der Waals surface area contributed by atoms with Crippen LogP contribution in [0.1, 0.15) is 25.3 Å². The molecule has 2 unspecified atom stereocenters. The fourth-order valence-electron chi connectivity index (χ4n) is 3.02. The summed E-state index contributed by atoms with van der Waals surface area (Å²) >= 11 is 0. The van der Waals surface area contributed by atoms with Crippen LogP contribution in [0.5, 0.6) is 11.5 Å². The van der Waals surface area contributed by atoms with Gasteiger partial charge in [0.15, 0.2) is 11.5 Å². The lowest BCUT2D eigenvalue weighted by molar-refractivity contribution is 0.174. The van der Waals surface area contributed by atoms with E-state index in [1.54, 1.807) is 0 Å². The molecule has 1 aromatic rings. The molecule has 0 saturated carbocycles. The molecule has 0 bridgehead atoms. The monoisotopic (exact) mass is 276 g/mol. The summed E-state index contributed by atoms with van der Waals surface area (Å²) in [6, 6.07) is 7.59. The van der Waals surface area contributed by atoms with Gasteiger partial charge in [-0.15, -0.1) is 0 Å². The number of ether oxygens (including phenoxy) is 2. The molecule has 2 aliphatic heterocycles. The average Bonchev–Trinajstić information content (AvgIpc) is 3.13. The maximum absolute atomic E-state index is 5.43. The Morgan fingerprint density at radius 1 is 1.35 bits per heavy atom. The zero-order chi connectivity index (χ0) is 13.9. The zero-order valence-corrected chi connectivity index (χ0v) is 12.4. The van der Waals surface area contributed by atoms with Crippen molar-refractivity contribution in [1.82, 2.24) is 10.2 Å². The van der Waals surface area contributed by atoms with Crippen LogP contribution in [0.2, 0.25) is 0 Å². The van der Waals surface area contributed by atoms with Gasteiger partial charge in [-0.2, -0.15) is 0 Å². The summed E-state index contributed by atoms with van der Waals surface area (Å²) in [5.74, 6) is 1.76. The van der Waals surface area contributed by atoms with Crippen LogP contribution in [0, 0.1) is 0 Å². The lowest BCUT2D eigenvalue weighted by Gasteiger charge is -2.30. The van der Waals surface area contributed by atoms with Crippen LogP contribution >= 0.6 is 0 Å². The van der Waals surface area contributed by atoms with Crippen molar-refractivity contribution in [2.75, 3.05) is 26.9 Å². The smallest absolute Gasteiger partial charge is 0.231 e. The number of hydrogen-bond donors (Lipinski definition) is 1. The van der Waals surface area contributed by atoms with Crippen LogP contribution in [0.3, 0.4) is 0 Å². The van der Waals surface area contributed by atoms with Gasteiger partial charge < -0.3 is 14.8 Å². The molecule has 2 aliphatic rings. The quantitative estimate of drug-likeness (QED) is 0.892. The van der Waals surface area contributed by atoms with Gasteiger partial charge in [-0.1, -0.05) is 6.07 Å². The largest absolute Gasteiger partial charge is 0.454 e. The van der Waals surface area contributed by atoms with Gasteiger partial charge in [-0.3, -0.25) is 4.90 Å². The Morgan fingerprint density at radius 2 is 2.20 bits per heavy atom. The van der Waals surface area contributed by atoms with E-state index in [0.717, 1.165) is 31.0 Å². The molecule has 1 fully saturated rings. The highest BCUT2D eigenvalue weighted by molar-refractivity contribution is 5.44. The SMILES string of the molecule is CC(CCc1ccc2c(c1)OCO2)N(C)C1CCNC1. The minimum absolute atomic E-state index is 0.354. The second kappa shape index (κ2) is 6.02. The van der Waals surface area contributed by atoms with Gasteiger partial charge in [0.1, 0.15) is 0 Å². The first kappa shape index (κ1) is 13.7. The van der Waals surface area contributed by atoms with E-state index in [-0.39, 0.29) is 0 Å². The van der Waals surface area contributed by atoms with Gasteiger partial charge in [0.25, 0.3) is 0 Å². The van der Waals surface area contributed by atoms with Crippen molar-refractivity contribution in [3.8, 4) is 11.5 Å². The fraction of sp³-hybridized carbons (Fsp3) is 0.625. The Hall–Kier alpha value is -1.26. The van der Waals surface area contributed by atoms with Gasteiger partial charge in [0, 0.05) is 18.6 Å². The van der Waals surface area contributed by atoms with E-state index in [1.165, 1.54) is 18.4 Å². The maximum Gasteiger partial charge on any atom is 0.231 e. The highest BCUT2D eigenvalue weighted by atomic mass is 16.7. The lowest BCUT2D eigenvalue weighted by Crippen LogP contribution is -2.40. The molecule has 1 saturated heterocycles. The summed E-state index contributed by atoms with van der Waals surface area (Å²) in [7, 11) is 2.25. The topological polar surface area (TPSA) is 33.7 Å². The second-order valence-electron chi connectivity index (χ2n) is 5.89. The van der Waals surface area contributed by atoms with Crippen molar-refractivity contribution in [3.05, 3.63) is 23.8 Å². The third-order valence-corrected chi connectivity index (χ3v) is 4.59. The van der Waals surface area contributed by atoms with Crippen molar-refractivity contribution >= 4 is 0 Å². The van der Waals surface area contributed by atoms with Crippen molar-refractivity contribution in [2.45, 2.75) is 38.3 Å². The molecule has 0 spiro atoms. The Balaban J connectivity index is 1.53. The lowest BCUT2D eigenvalue weighted by atomic mass is 10.0. The molecule has 20 heavy (non-hydrogen) atoms. The first-order valence-electron chi connectivity index (χ1n) is 7.55. The third-order valence-electron chi connectivity index (χ3n) is 4.59. The molecule has 1 aromatic carbocycles. The van der Waals surface area contributed by atoms with Crippen LogP contribution < -0.4 is 14.8 Å². The van der Waals surface area contributed by atoms with E-state index >= 15 is 0 Å². The summed E-state index contributed by atoms with van der Waals surface area (Å²) in [5, 5.41) is 3.44. The number of nitrogens with zero attached hydrogens (tertiary/aromatic N) is 1. The van der Waals surface area contributed by atoms with Gasteiger partial charge >= 0.3 is 0 Å². The van der Waals surface area contributed by atoms with E-state index in [0.29, 0.717) is 18.9 Å². The predicted octanol–water partition coefficient (Wildman–Crippen LogP) is 2.03. The first-order valence-corrected chi connectivity index (χ1v) is 7.55. The summed E-state index contributed by atoms with van der Waals surface area (Å²) in [6.45, 7) is 4.96. The maximum atomic E-state index is 5.43. The summed E-state index contributed by atoms with van der Waals surface area (Å²) < 4.78 is 10.8. The van der Waals surface area contributed by atoms with Crippen LogP contribution in [0.15, 0.2) is 18.2 Å². The highest BCUT2D eigenvalue weighted by Gasteiger charge is 2.22. The third kappa shape index (κ3) is 2.91. The van der Waals surface area contributed by atoms with Crippen LogP contribution in [-0.4, -0.2) is 43.9 Å². The number of nitrogens with one attached hydrogen (secondary N) is 1. The molecule has 110 valence electrons. The Kier molecular flexibility index (Phi) is 4.13. The molecule has 3 rings (SSSR count). The van der Waals surface area contributed by atoms with Crippen molar-refractivity contribution < 1.29 is 9.47 Å². The zero-order valence-electron chi connectivity index (χ0n) is 12.4. The molecular weight excluding hydrogens is 252 g/mol.